The molecule has 3 aromatic rings. The van der Waals surface area contributed by atoms with Gasteiger partial charge < -0.3 is 0 Å². The van der Waals surface area contributed by atoms with E-state index in [4.69, 9.17) is 0 Å². The number of thiophene rings is 3. The van der Waals surface area contributed by atoms with Crippen molar-refractivity contribution in [1.29, 1.82) is 0 Å². The summed E-state index contributed by atoms with van der Waals surface area (Å²) in [6.45, 7) is 0. The van der Waals surface area contributed by atoms with Gasteiger partial charge in [0, 0.05) is 0 Å². The second kappa shape index (κ2) is 4.86. The Hall–Kier alpha value is 1.22. The monoisotopic (exact) mass is 524 g/mol. The van der Waals surface area contributed by atoms with E-state index < -0.39 is 36.8 Å². The van der Waals surface area contributed by atoms with Crippen molar-refractivity contribution >= 4 is 95.4 Å². The molecular formula is C14H20S3Sn2. The third-order valence-corrected chi connectivity index (χ3v) is 25.9. The van der Waals surface area contributed by atoms with Crippen LogP contribution in [0.5, 0.6) is 0 Å². The minimum atomic E-state index is -1.89. The quantitative estimate of drug-likeness (QED) is 0.403. The van der Waals surface area contributed by atoms with E-state index in [-0.39, 0.29) is 0 Å². The van der Waals surface area contributed by atoms with Crippen LogP contribution >= 0.6 is 34.0 Å². The molecule has 0 radical (unpaired) electrons. The van der Waals surface area contributed by atoms with Gasteiger partial charge in [-0.05, 0) is 0 Å². The van der Waals surface area contributed by atoms with E-state index in [0.717, 1.165) is 0 Å². The van der Waals surface area contributed by atoms with Crippen LogP contribution in [0.2, 0.25) is 29.6 Å². The molecule has 0 saturated carbocycles. The Kier molecular flexibility index (Phi) is 3.87. The molecule has 3 rings (SSSR count). The van der Waals surface area contributed by atoms with Gasteiger partial charge in [0.2, 0.25) is 0 Å². The van der Waals surface area contributed by atoms with Crippen LogP contribution in [0.25, 0.3) is 18.8 Å². The maximum absolute atomic E-state index is 2.52. The van der Waals surface area contributed by atoms with Crippen LogP contribution in [-0.2, 0) is 0 Å². The third-order valence-electron chi connectivity index (χ3n) is 3.30. The molecule has 102 valence electrons. The standard InChI is InChI=1S/C8H2S3.6CH3.2Sn/c1-3-9-7-5(1)11-6-2-4-10-8(6)7;;;;;;;;/h1-2H;6*1H3;;. The molecule has 0 fully saturated rings. The zero-order valence-electron chi connectivity index (χ0n) is 12.4. The van der Waals surface area contributed by atoms with Crippen molar-refractivity contribution in [2.45, 2.75) is 29.6 Å². The first-order valence-electron chi connectivity index (χ1n) is 6.63. The maximum atomic E-state index is 2.52. The first kappa shape index (κ1) is 15.1. The Morgan fingerprint density at radius 3 is 1.32 bits per heavy atom. The molecule has 5 heteroatoms. The van der Waals surface area contributed by atoms with Crippen molar-refractivity contribution < 1.29 is 0 Å². The van der Waals surface area contributed by atoms with Gasteiger partial charge in [0.15, 0.2) is 0 Å². The summed E-state index contributed by atoms with van der Waals surface area (Å²) in [7, 11) is 0. The van der Waals surface area contributed by atoms with E-state index >= 15 is 0 Å². The normalized spacial score (nSPS) is 13.8. The molecule has 0 N–H and O–H groups in total. The van der Waals surface area contributed by atoms with Crippen molar-refractivity contribution in [3.05, 3.63) is 12.1 Å². The predicted octanol–water partition coefficient (Wildman–Crippen LogP) is 5.27. The molecule has 0 aromatic carbocycles. The molecule has 0 atom stereocenters. The topological polar surface area (TPSA) is 0 Å². The van der Waals surface area contributed by atoms with Crippen molar-refractivity contribution in [1.82, 2.24) is 0 Å². The second-order valence-electron chi connectivity index (χ2n) is 7.21. The fraction of sp³-hybridized carbons (Fsp3) is 0.429. The molecule has 0 spiro atoms. The zero-order chi connectivity index (χ0) is 14.0. The van der Waals surface area contributed by atoms with Crippen LogP contribution in [0.3, 0.4) is 0 Å². The van der Waals surface area contributed by atoms with Crippen LogP contribution in [-0.4, -0.2) is 36.8 Å². The van der Waals surface area contributed by atoms with E-state index in [2.05, 4.69) is 64.4 Å². The van der Waals surface area contributed by atoms with Gasteiger partial charge in [-0.25, -0.2) is 0 Å². The van der Waals surface area contributed by atoms with E-state index in [1.165, 1.54) is 0 Å². The van der Waals surface area contributed by atoms with Crippen LogP contribution in [0.1, 0.15) is 0 Å². The first-order valence-corrected chi connectivity index (χ1v) is 29.1. The Bertz CT molecular complexity index is 684. The Morgan fingerprint density at radius 2 is 1.00 bits per heavy atom. The van der Waals surface area contributed by atoms with Gasteiger partial charge in [-0.2, -0.15) is 0 Å². The molecule has 0 aliphatic heterocycles. The fourth-order valence-electron chi connectivity index (χ4n) is 2.07. The summed E-state index contributed by atoms with van der Waals surface area (Å²) in [4.78, 5) is 15.1. The summed E-state index contributed by atoms with van der Waals surface area (Å²) in [6.07, 6.45) is 0. The van der Waals surface area contributed by atoms with Crippen LogP contribution in [0.15, 0.2) is 12.1 Å². The second-order valence-corrected chi connectivity index (χ2v) is 41.2. The van der Waals surface area contributed by atoms with Gasteiger partial charge in [-0.15, -0.1) is 0 Å². The molecule has 0 unspecified atom stereocenters. The third kappa shape index (κ3) is 2.79. The van der Waals surface area contributed by atoms with Crippen LogP contribution < -0.4 is 5.79 Å². The van der Waals surface area contributed by atoms with Crippen molar-refractivity contribution in [2.75, 3.05) is 0 Å². The molecule has 3 heterocycles. The molecule has 0 saturated heterocycles. The minimum absolute atomic E-state index is 1.54. The number of fused-ring (bicyclic) bond motifs is 3. The Morgan fingerprint density at radius 1 is 0.632 bits per heavy atom. The number of rotatable bonds is 2. The average molecular weight is 522 g/mol. The summed E-state index contributed by atoms with van der Waals surface area (Å²) >= 11 is 2.45. The van der Waals surface area contributed by atoms with Crippen molar-refractivity contribution in [3.8, 4) is 0 Å². The summed E-state index contributed by atoms with van der Waals surface area (Å²) < 4.78 is 9.73. The fourth-order valence-corrected chi connectivity index (χ4v) is 17.1. The first-order chi connectivity index (χ1) is 8.66. The number of hydrogen-bond donors (Lipinski definition) is 0. The molecule has 19 heavy (non-hydrogen) atoms. The van der Waals surface area contributed by atoms with Gasteiger partial charge in [-0.3, -0.25) is 0 Å². The predicted molar refractivity (Wildman–Crippen MR) is 101 cm³/mol. The van der Waals surface area contributed by atoms with Crippen LogP contribution in [0.4, 0.5) is 0 Å². The average Bonchev–Trinajstić information content (AvgIpc) is 2.81. The molecule has 0 bridgehead atoms. The molecule has 0 aliphatic carbocycles. The molecule has 3 aromatic heterocycles. The van der Waals surface area contributed by atoms with Crippen molar-refractivity contribution in [2.24, 2.45) is 0 Å². The van der Waals surface area contributed by atoms with E-state index in [0.29, 0.717) is 0 Å². The molecule has 0 amide bonds. The van der Waals surface area contributed by atoms with Gasteiger partial charge >= 0.3 is 137 Å². The van der Waals surface area contributed by atoms with Gasteiger partial charge in [-0.1, -0.05) is 0 Å². The Balaban J connectivity index is 2.22. The number of hydrogen-bond acceptors (Lipinski definition) is 3. The van der Waals surface area contributed by atoms with E-state index in [9.17, 15) is 0 Å². The molecular weight excluding hydrogens is 502 g/mol. The summed E-state index contributed by atoms with van der Waals surface area (Å²) in [6, 6.07) is 5.01. The summed E-state index contributed by atoms with van der Waals surface area (Å²) in [5, 5.41) is 0. The molecule has 0 nitrogen and oxygen atoms in total. The van der Waals surface area contributed by atoms with Crippen LogP contribution in [0, 0.1) is 0 Å². The van der Waals surface area contributed by atoms with E-state index in [1.54, 1.807) is 24.6 Å². The van der Waals surface area contributed by atoms with E-state index in [1.807, 2.05) is 11.3 Å². The van der Waals surface area contributed by atoms with Gasteiger partial charge in [0.1, 0.15) is 0 Å². The Labute approximate surface area is 135 Å². The zero-order valence-corrected chi connectivity index (χ0v) is 20.5. The van der Waals surface area contributed by atoms with Gasteiger partial charge in [0.25, 0.3) is 0 Å². The van der Waals surface area contributed by atoms with Crippen molar-refractivity contribution in [3.63, 3.8) is 0 Å². The molecule has 0 aliphatic rings. The SMILES string of the molecule is [CH3][Sn]([CH3])([CH3])[c]1cc2sc3c[c]([Sn]([CH3])([CH3])[CH3])sc3c2s1. The van der Waals surface area contributed by atoms with Gasteiger partial charge in [0.05, 0.1) is 0 Å². The summed E-state index contributed by atoms with van der Waals surface area (Å²) in [5.74, 6) is 0. The summed E-state index contributed by atoms with van der Waals surface area (Å²) in [5.41, 5.74) is 0.